The number of nitrogens with zero attached hydrogens (tertiary/aromatic N) is 1. The molecule has 0 unspecified atom stereocenters. The number of aryl methyl sites for hydroxylation is 1. The van der Waals surface area contributed by atoms with E-state index in [9.17, 15) is 0 Å². The molecule has 0 amide bonds. The maximum atomic E-state index is 3.91. The van der Waals surface area contributed by atoms with E-state index >= 15 is 0 Å². The molecule has 0 atom stereocenters. The Hall–Kier alpha value is -1.31. The lowest BCUT2D eigenvalue weighted by molar-refractivity contribution is 1.08. The standard InChI is InChI=1S/C9H12N2/c1-4-5-7(2)9-8(3)6-10-11-9/h4-6H,2H2,1,3H3,(H,10,11)/b5-4-. The van der Waals surface area contributed by atoms with Gasteiger partial charge >= 0.3 is 0 Å². The first-order valence-electron chi connectivity index (χ1n) is 3.57. The van der Waals surface area contributed by atoms with E-state index in [1.54, 1.807) is 6.20 Å². The summed E-state index contributed by atoms with van der Waals surface area (Å²) in [5.74, 6) is 0. The second-order valence-corrected chi connectivity index (χ2v) is 2.45. The molecule has 1 N–H and O–H groups in total. The van der Waals surface area contributed by atoms with Gasteiger partial charge in [-0.1, -0.05) is 18.7 Å². The van der Waals surface area contributed by atoms with Crippen molar-refractivity contribution in [2.24, 2.45) is 0 Å². The van der Waals surface area contributed by atoms with Gasteiger partial charge in [0.05, 0.1) is 11.9 Å². The molecule has 0 bridgehead atoms. The minimum absolute atomic E-state index is 0.975. The molecule has 0 radical (unpaired) electrons. The van der Waals surface area contributed by atoms with Crippen LogP contribution < -0.4 is 0 Å². The van der Waals surface area contributed by atoms with Crippen molar-refractivity contribution in [3.05, 3.63) is 36.2 Å². The summed E-state index contributed by atoms with van der Waals surface area (Å²) in [6.45, 7) is 7.87. The summed E-state index contributed by atoms with van der Waals surface area (Å²) in [4.78, 5) is 0. The number of H-pyrrole nitrogens is 1. The number of hydrogen-bond donors (Lipinski definition) is 1. The van der Waals surface area contributed by atoms with Gasteiger partial charge in [0, 0.05) is 0 Å². The van der Waals surface area contributed by atoms with E-state index in [2.05, 4.69) is 16.8 Å². The molecule has 1 aromatic rings. The summed E-state index contributed by atoms with van der Waals surface area (Å²) >= 11 is 0. The van der Waals surface area contributed by atoms with E-state index in [0.29, 0.717) is 0 Å². The lowest BCUT2D eigenvalue weighted by Gasteiger charge is -1.95. The zero-order valence-corrected chi connectivity index (χ0v) is 6.89. The van der Waals surface area contributed by atoms with Crippen LogP contribution in [0, 0.1) is 6.92 Å². The number of hydrogen-bond acceptors (Lipinski definition) is 1. The zero-order valence-electron chi connectivity index (χ0n) is 6.89. The highest BCUT2D eigenvalue weighted by atomic mass is 15.1. The lowest BCUT2D eigenvalue weighted by atomic mass is 10.1. The Balaban J connectivity index is 2.93. The fourth-order valence-electron chi connectivity index (χ4n) is 0.956. The first kappa shape index (κ1) is 7.79. The Morgan fingerprint density at radius 3 is 2.91 bits per heavy atom. The van der Waals surface area contributed by atoms with Crippen molar-refractivity contribution in [2.45, 2.75) is 13.8 Å². The molecule has 2 heteroatoms. The van der Waals surface area contributed by atoms with Crippen LogP contribution in [0.1, 0.15) is 18.2 Å². The number of aromatic nitrogens is 2. The summed E-state index contributed by atoms with van der Waals surface area (Å²) in [5, 5.41) is 6.79. The molecule has 1 heterocycles. The third-order valence-electron chi connectivity index (χ3n) is 1.52. The van der Waals surface area contributed by atoms with Crippen molar-refractivity contribution in [2.75, 3.05) is 0 Å². The molecular formula is C9H12N2. The topological polar surface area (TPSA) is 28.7 Å². The third-order valence-corrected chi connectivity index (χ3v) is 1.52. The minimum atomic E-state index is 0.975. The van der Waals surface area contributed by atoms with Gasteiger partial charge in [0.2, 0.25) is 0 Å². The highest BCUT2D eigenvalue weighted by Gasteiger charge is 1.99. The molecule has 0 aliphatic rings. The highest BCUT2D eigenvalue weighted by Crippen LogP contribution is 2.13. The van der Waals surface area contributed by atoms with Gasteiger partial charge in [-0.25, -0.2) is 0 Å². The fraction of sp³-hybridized carbons (Fsp3) is 0.222. The van der Waals surface area contributed by atoms with Crippen LogP contribution in [0.4, 0.5) is 0 Å². The number of allylic oxidation sites excluding steroid dienone is 3. The van der Waals surface area contributed by atoms with Crippen molar-refractivity contribution in [1.82, 2.24) is 10.2 Å². The summed E-state index contributed by atoms with van der Waals surface area (Å²) in [7, 11) is 0. The van der Waals surface area contributed by atoms with Crippen molar-refractivity contribution in [1.29, 1.82) is 0 Å². The lowest BCUT2D eigenvalue weighted by Crippen LogP contribution is -1.81. The largest absolute Gasteiger partial charge is 0.278 e. The molecule has 0 spiro atoms. The molecule has 0 aromatic carbocycles. The predicted molar refractivity (Wildman–Crippen MR) is 47.2 cm³/mol. The van der Waals surface area contributed by atoms with Gasteiger partial charge in [-0.05, 0) is 25.0 Å². The maximum Gasteiger partial charge on any atom is 0.0673 e. The van der Waals surface area contributed by atoms with Gasteiger partial charge in [-0.15, -0.1) is 0 Å². The average molecular weight is 148 g/mol. The van der Waals surface area contributed by atoms with Crippen molar-refractivity contribution in [3.8, 4) is 0 Å². The van der Waals surface area contributed by atoms with Gasteiger partial charge in [0.1, 0.15) is 0 Å². The second-order valence-electron chi connectivity index (χ2n) is 2.45. The van der Waals surface area contributed by atoms with Crippen molar-refractivity contribution in [3.63, 3.8) is 0 Å². The monoisotopic (exact) mass is 148 g/mol. The third kappa shape index (κ3) is 1.58. The van der Waals surface area contributed by atoms with Crippen LogP contribution in [-0.2, 0) is 0 Å². The Labute approximate surface area is 66.6 Å². The van der Waals surface area contributed by atoms with E-state index < -0.39 is 0 Å². The second kappa shape index (κ2) is 3.19. The molecule has 2 nitrogen and oxygen atoms in total. The van der Waals surface area contributed by atoms with Crippen LogP contribution in [0.5, 0.6) is 0 Å². The van der Waals surface area contributed by atoms with Crippen molar-refractivity contribution < 1.29 is 0 Å². The zero-order chi connectivity index (χ0) is 8.27. The number of nitrogens with one attached hydrogen (secondary N) is 1. The first-order chi connectivity index (χ1) is 5.25. The molecule has 11 heavy (non-hydrogen) atoms. The Bertz CT molecular complexity index is 282. The molecule has 1 aromatic heterocycles. The van der Waals surface area contributed by atoms with Crippen LogP contribution in [0.15, 0.2) is 24.9 Å². The molecule has 0 fully saturated rings. The maximum absolute atomic E-state index is 3.91. The van der Waals surface area contributed by atoms with Crippen LogP contribution in [-0.4, -0.2) is 10.2 Å². The Kier molecular flexibility index (Phi) is 2.26. The molecule has 58 valence electrons. The van der Waals surface area contributed by atoms with Crippen LogP contribution in [0.3, 0.4) is 0 Å². The molecule has 0 saturated heterocycles. The quantitative estimate of drug-likeness (QED) is 0.640. The van der Waals surface area contributed by atoms with Crippen LogP contribution in [0.25, 0.3) is 5.57 Å². The van der Waals surface area contributed by atoms with Gasteiger partial charge in [0.15, 0.2) is 0 Å². The summed E-state index contributed by atoms with van der Waals surface area (Å²) in [6.07, 6.45) is 5.72. The van der Waals surface area contributed by atoms with E-state index in [0.717, 1.165) is 16.8 Å². The molecular weight excluding hydrogens is 136 g/mol. The smallest absolute Gasteiger partial charge is 0.0673 e. The normalized spacial score (nSPS) is 10.7. The summed E-state index contributed by atoms with van der Waals surface area (Å²) in [5.41, 5.74) is 3.12. The van der Waals surface area contributed by atoms with Crippen LogP contribution >= 0.6 is 0 Å². The molecule has 0 saturated carbocycles. The highest BCUT2D eigenvalue weighted by molar-refractivity contribution is 5.70. The number of rotatable bonds is 2. The summed E-state index contributed by atoms with van der Waals surface area (Å²) < 4.78 is 0. The number of aromatic amines is 1. The van der Waals surface area contributed by atoms with Gasteiger partial charge in [-0.2, -0.15) is 5.10 Å². The van der Waals surface area contributed by atoms with Gasteiger partial charge in [-0.3, -0.25) is 5.10 Å². The van der Waals surface area contributed by atoms with Gasteiger partial charge < -0.3 is 0 Å². The molecule has 0 aliphatic heterocycles. The van der Waals surface area contributed by atoms with E-state index in [1.165, 1.54) is 0 Å². The molecule has 1 rings (SSSR count). The first-order valence-corrected chi connectivity index (χ1v) is 3.57. The van der Waals surface area contributed by atoms with Gasteiger partial charge in [0.25, 0.3) is 0 Å². The van der Waals surface area contributed by atoms with Crippen LogP contribution in [0.2, 0.25) is 0 Å². The minimum Gasteiger partial charge on any atom is -0.278 e. The average Bonchev–Trinajstić information content (AvgIpc) is 2.36. The fourth-order valence-corrected chi connectivity index (χ4v) is 0.956. The Morgan fingerprint density at radius 2 is 2.45 bits per heavy atom. The van der Waals surface area contributed by atoms with E-state index in [-0.39, 0.29) is 0 Å². The predicted octanol–water partition coefficient (Wildman–Crippen LogP) is 2.31. The summed E-state index contributed by atoms with van der Waals surface area (Å²) in [6, 6.07) is 0. The molecule has 0 aliphatic carbocycles. The SMILES string of the molecule is C=C(/C=C\C)c1[nH]ncc1C. The van der Waals surface area contributed by atoms with E-state index in [4.69, 9.17) is 0 Å². The Morgan fingerprint density at radius 1 is 1.73 bits per heavy atom. The van der Waals surface area contributed by atoms with E-state index in [1.807, 2.05) is 26.0 Å². The van der Waals surface area contributed by atoms with Crippen molar-refractivity contribution >= 4 is 5.57 Å².